The van der Waals surface area contributed by atoms with E-state index in [0.717, 1.165) is 15.6 Å². The minimum Gasteiger partial charge on any atom is -0.489 e. The summed E-state index contributed by atoms with van der Waals surface area (Å²) in [5, 5.41) is 13.2. The Kier molecular flexibility index (Phi) is 9.43. The summed E-state index contributed by atoms with van der Waals surface area (Å²) in [6, 6.07) is 28.1. The molecule has 0 heterocycles. The first-order valence-electron chi connectivity index (χ1n) is 12.2. The molecule has 0 spiro atoms. The minimum absolute atomic E-state index is 0.0489. The summed E-state index contributed by atoms with van der Waals surface area (Å²) in [7, 11) is 0. The van der Waals surface area contributed by atoms with Crippen LogP contribution in [-0.4, -0.2) is 5.91 Å². The zero-order chi connectivity index (χ0) is 27.8. The average Bonchev–Trinajstić information content (AvgIpc) is 2.93. The maximum absolute atomic E-state index is 12.9. The van der Waals surface area contributed by atoms with Gasteiger partial charge < -0.3 is 14.8 Å². The average molecular weight is 602 g/mol. The molecule has 4 aromatic carbocycles. The molecule has 0 saturated carbocycles. The number of aryl methyl sites for hydroxylation is 2. The number of carbonyl (C=O) groups is 1. The highest BCUT2D eigenvalue weighted by molar-refractivity contribution is 9.10. The van der Waals surface area contributed by atoms with Crippen LogP contribution in [0.15, 0.2) is 95.0 Å². The van der Waals surface area contributed by atoms with Crippen molar-refractivity contribution in [1.29, 1.82) is 5.26 Å². The lowest BCUT2D eigenvalue weighted by molar-refractivity contribution is -0.112. The second-order valence-electron chi connectivity index (χ2n) is 8.95. The Hall–Kier alpha value is -4.05. The molecular formula is C32H26BrClN2O3. The summed E-state index contributed by atoms with van der Waals surface area (Å²) >= 11 is 9.38. The van der Waals surface area contributed by atoms with Gasteiger partial charge in [-0.2, -0.15) is 5.26 Å². The van der Waals surface area contributed by atoms with Gasteiger partial charge in [0, 0.05) is 20.7 Å². The van der Waals surface area contributed by atoms with Crippen molar-refractivity contribution in [3.8, 4) is 17.6 Å². The summed E-state index contributed by atoms with van der Waals surface area (Å²) < 4.78 is 12.7. The number of halogens is 2. The van der Waals surface area contributed by atoms with E-state index in [-0.39, 0.29) is 5.57 Å². The molecule has 0 radical (unpaired) electrons. The number of rotatable bonds is 9. The second-order valence-corrected chi connectivity index (χ2v) is 10.3. The van der Waals surface area contributed by atoms with Crippen LogP contribution in [0.2, 0.25) is 5.02 Å². The van der Waals surface area contributed by atoms with Crippen molar-refractivity contribution in [2.45, 2.75) is 27.1 Å². The van der Waals surface area contributed by atoms with Crippen molar-refractivity contribution in [3.63, 3.8) is 0 Å². The number of anilines is 1. The first-order chi connectivity index (χ1) is 18.8. The van der Waals surface area contributed by atoms with Gasteiger partial charge in [-0.25, -0.2) is 0 Å². The van der Waals surface area contributed by atoms with Gasteiger partial charge in [-0.05, 0) is 96.8 Å². The minimum atomic E-state index is -0.521. The highest BCUT2D eigenvalue weighted by atomic mass is 79.9. The topological polar surface area (TPSA) is 71.3 Å². The van der Waals surface area contributed by atoms with E-state index < -0.39 is 5.91 Å². The number of carbonyl (C=O) groups excluding carboxylic acids is 1. The molecule has 0 aliphatic carbocycles. The number of nitrogens with zero attached hydrogens (tertiary/aromatic N) is 1. The molecule has 7 heteroatoms. The first kappa shape index (κ1) is 28.0. The molecule has 4 rings (SSSR count). The SMILES string of the molecule is Cc1ccc(COc2ccc(Br)cc2/C=C(\C#N)C(=O)Nc2ccc(OCc3ccc(Cl)cc3)cc2)cc1C. The summed E-state index contributed by atoms with van der Waals surface area (Å²) in [5.41, 5.74) is 5.55. The maximum atomic E-state index is 12.9. The van der Waals surface area contributed by atoms with Gasteiger partial charge in [0.15, 0.2) is 0 Å². The second kappa shape index (κ2) is 13.1. The molecule has 1 amide bonds. The summed E-state index contributed by atoms with van der Waals surface area (Å²) in [4.78, 5) is 12.9. The van der Waals surface area contributed by atoms with Gasteiger partial charge in [-0.3, -0.25) is 4.79 Å². The molecule has 4 aromatic rings. The van der Waals surface area contributed by atoms with Crippen LogP contribution >= 0.6 is 27.5 Å². The number of amides is 1. The van der Waals surface area contributed by atoms with E-state index in [4.69, 9.17) is 21.1 Å². The maximum Gasteiger partial charge on any atom is 0.266 e. The molecule has 5 nitrogen and oxygen atoms in total. The van der Waals surface area contributed by atoms with E-state index in [1.165, 1.54) is 17.2 Å². The van der Waals surface area contributed by atoms with Crippen molar-refractivity contribution >= 4 is 45.2 Å². The molecule has 0 atom stereocenters. The zero-order valence-electron chi connectivity index (χ0n) is 21.5. The highest BCUT2D eigenvalue weighted by Crippen LogP contribution is 2.27. The van der Waals surface area contributed by atoms with Crippen LogP contribution in [0.3, 0.4) is 0 Å². The van der Waals surface area contributed by atoms with Gasteiger partial charge in [-0.1, -0.05) is 57.9 Å². The number of nitrogens with one attached hydrogen (secondary N) is 1. The number of hydrogen-bond acceptors (Lipinski definition) is 4. The predicted octanol–water partition coefficient (Wildman–Crippen LogP) is 8.42. The Morgan fingerprint density at radius 3 is 2.28 bits per heavy atom. The summed E-state index contributed by atoms with van der Waals surface area (Å²) in [6.45, 7) is 4.89. The fourth-order valence-corrected chi connectivity index (χ4v) is 4.21. The lowest BCUT2D eigenvalue weighted by Gasteiger charge is -2.12. The third kappa shape index (κ3) is 7.97. The van der Waals surface area contributed by atoms with E-state index >= 15 is 0 Å². The molecule has 0 aliphatic heterocycles. The van der Waals surface area contributed by atoms with Gasteiger partial charge in [0.25, 0.3) is 5.91 Å². The fraction of sp³-hybridized carbons (Fsp3) is 0.125. The van der Waals surface area contributed by atoms with E-state index in [0.29, 0.717) is 41.0 Å². The number of ether oxygens (including phenoxy) is 2. The van der Waals surface area contributed by atoms with Gasteiger partial charge in [0.1, 0.15) is 36.4 Å². The van der Waals surface area contributed by atoms with Crippen LogP contribution in [0.5, 0.6) is 11.5 Å². The Labute approximate surface area is 241 Å². The first-order valence-corrected chi connectivity index (χ1v) is 13.4. The number of nitriles is 1. The van der Waals surface area contributed by atoms with E-state index in [1.54, 1.807) is 24.3 Å². The summed E-state index contributed by atoms with van der Waals surface area (Å²) in [6.07, 6.45) is 1.53. The zero-order valence-corrected chi connectivity index (χ0v) is 23.8. The van der Waals surface area contributed by atoms with Crippen LogP contribution in [0.25, 0.3) is 6.08 Å². The molecular weight excluding hydrogens is 576 g/mol. The van der Waals surface area contributed by atoms with Crippen LogP contribution < -0.4 is 14.8 Å². The lowest BCUT2D eigenvalue weighted by Crippen LogP contribution is -2.13. The van der Waals surface area contributed by atoms with Gasteiger partial charge in [0.2, 0.25) is 0 Å². The Bertz CT molecular complexity index is 1540. The fourth-order valence-electron chi connectivity index (χ4n) is 3.70. The molecule has 1 N–H and O–H groups in total. The van der Waals surface area contributed by atoms with Crippen molar-refractivity contribution in [2.24, 2.45) is 0 Å². The third-order valence-electron chi connectivity index (χ3n) is 6.03. The number of hydrogen-bond donors (Lipinski definition) is 1. The Morgan fingerprint density at radius 1 is 0.897 bits per heavy atom. The van der Waals surface area contributed by atoms with Crippen LogP contribution in [0, 0.1) is 25.2 Å². The smallest absolute Gasteiger partial charge is 0.266 e. The van der Waals surface area contributed by atoms with Crippen molar-refractivity contribution in [1.82, 2.24) is 0 Å². The molecule has 0 bridgehead atoms. The summed E-state index contributed by atoms with van der Waals surface area (Å²) in [5.74, 6) is 0.699. The van der Waals surface area contributed by atoms with Crippen LogP contribution in [-0.2, 0) is 18.0 Å². The van der Waals surface area contributed by atoms with Crippen LogP contribution in [0.1, 0.15) is 27.8 Å². The molecule has 0 aromatic heterocycles. The normalized spacial score (nSPS) is 11.0. The van der Waals surface area contributed by atoms with Crippen molar-refractivity contribution in [2.75, 3.05) is 5.32 Å². The third-order valence-corrected chi connectivity index (χ3v) is 6.78. The molecule has 0 unspecified atom stereocenters. The van der Waals surface area contributed by atoms with E-state index in [9.17, 15) is 10.1 Å². The van der Waals surface area contributed by atoms with Crippen LogP contribution in [0.4, 0.5) is 5.69 Å². The van der Waals surface area contributed by atoms with Crippen molar-refractivity contribution in [3.05, 3.63) is 128 Å². The largest absolute Gasteiger partial charge is 0.489 e. The Balaban J connectivity index is 1.42. The highest BCUT2D eigenvalue weighted by Gasteiger charge is 2.13. The number of benzene rings is 4. The van der Waals surface area contributed by atoms with E-state index in [2.05, 4.69) is 47.2 Å². The molecule has 196 valence electrons. The van der Waals surface area contributed by atoms with Crippen molar-refractivity contribution < 1.29 is 14.3 Å². The molecule has 0 aliphatic rings. The monoisotopic (exact) mass is 600 g/mol. The molecule has 0 fully saturated rings. The van der Waals surface area contributed by atoms with Gasteiger partial charge in [-0.15, -0.1) is 0 Å². The molecule has 0 saturated heterocycles. The standard InChI is InChI=1S/C32H26BrClN2O3/c1-21-3-4-24(15-22(21)2)20-39-31-14-7-27(33)17-25(31)16-26(18-35)32(37)36-29-10-12-30(13-11-29)38-19-23-5-8-28(34)9-6-23/h3-17H,19-20H2,1-2H3,(H,36,37)/b26-16+. The van der Waals surface area contributed by atoms with E-state index in [1.807, 2.05) is 54.6 Å². The quantitative estimate of drug-likeness (QED) is 0.154. The van der Waals surface area contributed by atoms with Gasteiger partial charge in [0.05, 0.1) is 0 Å². The predicted molar refractivity (Wildman–Crippen MR) is 159 cm³/mol. The molecule has 39 heavy (non-hydrogen) atoms. The Morgan fingerprint density at radius 2 is 1.59 bits per heavy atom. The van der Waals surface area contributed by atoms with Gasteiger partial charge >= 0.3 is 0 Å². The lowest BCUT2D eigenvalue weighted by atomic mass is 10.1.